The number of carboxylic acids is 1. The van der Waals surface area contributed by atoms with E-state index in [2.05, 4.69) is 21.2 Å². The van der Waals surface area contributed by atoms with Gasteiger partial charge in [-0.1, -0.05) is 28.1 Å². The Morgan fingerprint density at radius 3 is 2.74 bits per heavy atom. The summed E-state index contributed by atoms with van der Waals surface area (Å²) in [5, 5.41) is 11.9. The molecule has 0 unspecified atom stereocenters. The normalized spacial score (nSPS) is 36.8. The number of hydrogen-bond donors (Lipinski definition) is 2. The monoisotopic (exact) mass is 379 g/mol. The molecule has 23 heavy (non-hydrogen) atoms. The quantitative estimate of drug-likeness (QED) is 0.617. The van der Waals surface area contributed by atoms with Gasteiger partial charge in [-0.2, -0.15) is 0 Å². The first kappa shape index (κ1) is 14.7. The zero-order valence-corrected chi connectivity index (χ0v) is 13.5. The molecule has 1 aromatic rings. The average Bonchev–Trinajstić information content (AvgIpc) is 3.11. The van der Waals surface area contributed by atoms with Crippen molar-refractivity contribution in [3.63, 3.8) is 0 Å². The van der Waals surface area contributed by atoms with Crippen LogP contribution in [0.2, 0.25) is 0 Å². The van der Waals surface area contributed by atoms with Crippen LogP contribution in [0, 0.1) is 23.7 Å². The molecule has 4 rings (SSSR count). The zero-order chi connectivity index (χ0) is 16.3. The van der Waals surface area contributed by atoms with Gasteiger partial charge in [0.1, 0.15) is 6.10 Å². The van der Waals surface area contributed by atoms with Crippen molar-refractivity contribution in [3.05, 3.63) is 29.8 Å². The van der Waals surface area contributed by atoms with E-state index in [-0.39, 0.29) is 45.9 Å². The van der Waals surface area contributed by atoms with Crippen molar-refractivity contribution in [2.24, 2.45) is 23.7 Å². The van der Waals surface area contributed by atoms with E-state index in [1.807, 2.05) is 0 Å². The van der Waals surface area contributed by atoms with Gasteiger partial charge in [-0.05, 0) is 24.5 Å². The largest absolute Gasteiger partial charge is 0.478 e. The summed E-state index contributed by atoms with van der Waals surface area (Å²) in [4.78, 5) is 36.0. The number of esters is 1. The molecule has 0 radical (unpaired) electrons. The number of halogens is 1. The van der Waals surface area contributed by atoms with Crippen LogP contribution in [-0.4, -0.2) is 33.9 Å². The number of carboxylic acid groups (broad SMARTS) is 1. The number of hydrogen-bond acceptors (Lipinski definition) is 4. The predicted molar refractivity (Wildman–Crippen MR) is 83.2 cm³/mol. The van der Waals surface area contributed by atoms with Gasteiger partial charge in [0.15, 0.2) is 0 Å². The van der Waals surface area contributed by atoms with Gasteiger partial charge in [0.25, 0.3) is 0 Å². The average molecular weight is 380 g/mol. The van der Waals surface area contributed by atoms with Gasteiger partial charge in [0.2, 0.25) is 5.91 Å². The number of rotatable bonds is 3. The lowest BCUT2D eigenvalue weighted by molar-refractivity contribution is -0.145. The number of carbonyl (C=O) groups is 3. The molecule has 7 heteroatoms. The Morgan fingerprint density at radius 1 is 1.26 bits per heavy atom. The lowest BCUT2D eigenvalue weighted by Crippen LogP contribution is -2.40. The number of aromatic carboxylic acids is 1. The van der Waals surface area contributed by atoms with Crippen molar-refractivity contribution in [1.82, 2.24) is 0 Å². The Morgan fingerprint density at radius 2 is 2.00 bits per heavy atom. The SMILES string of the molecule is O=C(O)c1ccccc1NC(=O)[C@@H]1[C@H]2C[C@H]3[C@H](OC(=O)[C@H]31)[C@@H]2Br. The zero-order valence-electron chi connectivity index (χ0n) is 11.9. The molecule has 1 amide bonds. The minimum atomic E-state index is -1.10. The number of benzene rings is 1. The first-order valence-electron chi connectivity index (χ1n) is 7.47. The van der Waals surface area contributed by atoms with Crippen molar-refractivity contribution in [1.29, 1.82) is 0 Å². The Hall–Kier alpha value is -1.89. The van der Waals surface area contributed by atoms with Crippen molar-refractivity contribution < 1.29 is 24.2 Å². The molecule has 1 heterocycles. The molecule has 6 atom stereocenters. The van der Waals surface area contributed by atoms with Crippen molar-refractivity contribution >= 4 is 39.5 Å². The van der Waals surface area contributed by atoms with Gasteiger partial charge in [-0.25, -0.2) is 4.79 Å². The van der Waals surface area contributed by atoms with E-state index in [1.165, 1.54) is 6.07 Å². The maximum absolute atomic E-state index is 12.7. The minimum absolute atomic E-state index is 0.0133. The van der Waals surface area contributed by atoms with Gasteiger partial charge in [0.05, 0.1) is 27.9 Å². The number of alkyl halides is 1. The van der Waals surface area contributed by atoms with E-state index in [0.717, 1.165) is 6.42 Å². The van der Waals surface area contributed by atoms with Crippen LogP contribution in [0.25, 0.3) is 0 Å². The highest BCUT2D eigenvalue weighted by atomic mass is 79.9. The van der Waals surface area contributed by atoms with Gasteiger partial charge in [-0.15, -0.1) is 0 Å². The van der Waals surface area contributed by atoms with Crippen molar-refractivity contribution in [3.8, 4) is 0 Å². The summed E-state index contributed by atoms with van der Waals surface area (Å²) in [6, 6.07) is 6.25. The number of para-hydroxylation sites is 1. The maximum Gasteiger partial charge on any atom is 0.337 e. The van der Waals surface area contributed by atoms with Crippen LogP contribution in [0.5, 0.6) is 0 Å². The smallest absolute Gasteiger partial charge is 0.337 e. The molecule has 2 aliphatic carbocycles. The number of nitrogens with one attached hydrogen (secondary N) is 1. The first-order valence-corrected chi connectivity index (χ1v) is 8.38. The fraction of sp³-hybridized carbons (Fsp3) is 0.438. The second-order valence-corrected chi connectivity index (χ2v) is 7.36. The minimum Gasteiger partial charge on any atom is -0.478 e. The van der Waals surface area contributed by atoms with Gasteiger partial charge >= 0.3 is 11.9 Å². The van der Waals surface area contributed by atoms with Crippen LogP contribution in [0.1, 0.15) is 16.8 Å². The van der Waals surface area contributed by atoms with E-state index in [1.54, 1.807) is 18.2 Å². The molecular weight excluding hydrogens is 366 g/mol. The predicted octanol–water partition coefficient (Wildman–Crippen LogP) is 1.89. The molecular formula is C16H14BrNO5. The molecule has 1 saturated heterocycles. The molecule has 3 aliphatic rings. The Bertz CT molecular complexity index is 720. The maximum atomic E-state index is 12.7. The molecule has 2 N–H and O–H groups in total. The Kier molecular flexibility index (Phi) is 3.23. The number of carbonyl (C=O) groups excluding carboxylic acids is 2. The van der Waals surface area contributed by atoms with E-state index >= 15 is 0 Å². The second kappa shape index (κ2) is 5.06. The summed E-state index contributed by atoms with van der Waals surface area (Å²) >= 11 is 3.56. The van der Waals surface area contributed by atoms with Crippen LogP contribution in [0.4, 0.5) is 5.69 Å². The molecule has 6 nitrogen and oxygen atoms in total. The summed E-state index contributed by atoms with van der Waals surface area (Å²) in [7, 11) is 0. The molecule has 3 fully saturated rings. The number of amides is 1. The van der Waals surface area contributed by atoms with E-state index in [0.29, 0.717) is 0 Å². The van der Waals surface area contributed by atoms with Crippen molar-refractivity contribution in [2.75, 3.05) is 5.32 Å². The highest BCUT2D eigenvalue weighted by molar-refractivity contribution is 9.09. The lowest BCUT2D eigenvalue weighted by Gasteiger charge is -2.27. The van der Waals surface area contributed by atoms with Crippen molar-refractivity contribution in [2.45, 2.75) is 17.4 Å². The van der Waals surface area contributed by atoms with E-state index in [9.17, 15) is 19.5 Å². The molecule has 2 bridgehead atoms. The van der Waals surface area contributed by atoms with Gasteiger partial charge in [0, 0.05) is 5.92 Å². The second-order valence-electron chi connectivity index (χ2n) is 6.30. The fourth-order valence-corrected chi connectivity index (χ4v) is 5.37. The third kappa shape index (κ3) is 2.02. The van der Waals surface area contributed by atoms with Crippen LogP contribution in [0.3, 0.4) is 0 Å². The molecule has 1 aliphatic heterocycles. The highest BCUT2D eigenvalue weighted by Gasteiger charge is 2.67. The van der Waals surface area contributed by atoms with Crippen LogP contribution >= 0.6 is 15.9 Å². The van der Waals surface area contributed by atoms with Crippen LogP contribution in [0.15, 0.2) is 24.3 Å². The number of anilines is 1. The van der Waals surface area contributed by atoms with Gasteiger partial charge < -0.3 is 15.2 Å². The Balaban J connectivity index is 1.61. The Labute approximate surface area is 140 Å². The molecule has 0 aromatic heterocycles. The summed E-state index contributed by atoms with van der Waals surface area (Å²) in [6.07, 6.45) is 0.656. The molecule has 0 spiro atoms. The number of fused-ring (bicyclic) bond motifs is 1. The van der Waals surface area contributed by atoms with E-state index < -0.39 is 17.8 Å². The van der Waals surface area contributed by atoms with E-state index in [4.69, 9.17) is 4.74 Å². The lowest BCUT2D eigenvalue weighted by atomic mass is 9.79. The molecule has 120 valence electrons. The summed E-state index contributed by atoms with van der Waals surface area (Å²) in [6.45, 7) is 0. The first-order chi connectivity index (χ1) is 11.0. The summed E-state index contributed by atoms with van der Waals surface area (Å²) in [5.41, 5.74) is 0.285. The standard InChI is InChI=1S/C16H14BrNO5/c17-12-7-5-8-11(16(22)23-13(8)12)10(7)14(19)18-9-4-2-1-3-6(9)15(20)21/h1-4,7-8,10-13H,5H2,(H,18,19)(H,20,21)/t7-,8-,10-,11-,12-,13+/m1/s1. The molecule has 2 saturated carbocycles. The third-order valence-corrected chi connectivity index (χ3v) is 6.44. The topological polar surface area (TPSA) is 92.7 Å². The van der Waals surface area contributed by atoms with Crippen LogP contribution in [-0.2, 0) is 14.3 Å². The summed E-state index contributed by atoms with van der Waals surface area (Å²) < 4.78 is 5.38. The fourth-order valence-electron chi connectivity index (χ4n) is 4.33. The third-order valence-electron chi connectivity index (χ3n) is 5.24. The highest BCUT2D eigenvalue weighted by Crippen LogP contribution is 2.60. The summed E-state index contributed by atoms with van der Waals surface area (Å²) in [5.74, 6) is -2.48. The molecule has 1 aromatic carbocycles. The van der Waals surface area contributed by atoms with Crippen LogP contribution < -0.4 is 5.32 Å². The van der Waals surface area contributed by atoms with Gasteiger partial charge in [-0.3, -0.25) is 9.59 Å². The number of ether oxygens (including phenoxy) is 1.